The molecule has 2 aromatic rings. The summed E-state index contributed by atoms with van der Waals surface area (Å²) in [5.41, 5.74) is -0.932. The molecule has 0 radical (unpaired) electrons. The van der Waals surface area contributed by atoms with E-state index in [0.717, 1.165) is 23.6 Å². The molecule has 0 N–H and O–H groups in total. The van der Waals surface area contributed by atoms with Crippen molar-refractivity contribution >= 4 is 46.4 Å². The van der Waals surface area contributed by atoms with Gasteiger partial charge < -0.3 is 14.5 Å². The van der Waals surface area contributed by atoms with E-state index >= 15 is 0 Å². The molecule has 0 bridgehead atoms. The SMILES string of the molecule is CC(=O)c1ccc(C(=O)OCC(=O)N2CCN(c3ncc(C(F)(F)F)cc3Cl)CC2)s1. The standard InChI is InChI=1S/C19H17ClF3N3O4S/c1-11(27)14-2-3-15(31-14)18(29)30-10-16(28)25-4-6-26(7-5-25)17-13(20)8-12(9-24-17)19(21,22)23/h2-3,8-9H,4-7,10H2,1H3. The van der Waals surface area contributed by atoms with Gasteiger partial charge in [-0.3, -0.25) is 9.59 Å². The first-order valence-electron chi connectivity index (χ1n) is 9.09. The fourth-order valence-electron chi connectivity index (χ4n) is 2.91. The minimum Gasteiger partial charge on any atom is -0.451 e. The van der Waals surface area contributed by atoms with E-state index in [4.69, 9.17) is 16.3 Å². The molecule has 0 unspecified atom stereocenters. The molecule has 0 saturated carbocycles. The monoisotopic (exact) mass is 475 g/mol. The van der Waals surface area contributed by atoms with Crippen LogP contribution in [0, 0.1) is 0 Å². The minimum atomic E-state index is -4.53. The van der Waals surface area contributed by atoms with Crippen LogP contribution in [0.4, 0.5) is 19.0 Å². The van der Waals surface area contributed by atoms with E-state index in [0.29, 0.717) is 18.0 Å². The number of hydrogen-bond donors (Lipinski definition) is 0. The lowest BCUT2D eigenvalue weighted by Crippen LogP contribution is -2.50. The Bertz CT molecular complexity index is 1000. The summed E-state index contributed by atoms with van der Waals surface area (Å²) >= 11 is 6.96. The average Bonchev–Trinajstić information content (AvgIpc) is 3.22. The highest BCUT2D eigenvalue weighted by Crippen LogP contribution is 2.33. The number of hydrogen-bond acceptors (Lipinski definition) is 7. The van der Waals surface area contributed by atoms with Crippen molar-refractivity contribution in [2.24, 2.45) is 0 Å². The first-order chi connectivity index (χ1) is 14.6. The van der Waals surface area contributed by atoms with Crippen LogP contribution in [0.25, 0.3) is 0 Å². The number of Topliss-reactive ketones (excluding diaryl/α,β-unsaturated/α-hetero) is 1. The summed E-state index contributed by atoms with van der Waals surface area (Å²) in [6.45, 7) is 2.09. The average molecular weight is 476 g/mol. The van der Waals surface area contributed by atoms with E-state index < -0.39 is 30.2 Å². The number of piperazine rings is 1. The Hall–Kier alpha value is -2.66. The molecule has 2 aromatic heterocycles. The molecule has 3 heterocycles. The van der Waals surface area contributed by atoms with Crippen molar-refractivity contribution in [3.63, 3.8) is 0 Å². The molecule has 1 aliphatic heterocycles. The molecule has 1 aliphatic rings. The number of ether oxygens (including phenoxy) is 1. The topological polar surface area (TPSA) is 79.8 Å². The Morgan fingerprint density at radius 3 is 2.35 bits per heavy atom. The molecule has 7 nitrogen and oxygen atoms in total. The predicted molar refractivity (Wildman–Crippen MR) is 108 cm³/mol. The molecular weight excluding hydrogens is 459 g/mol. The molecule has 0 aliphatic carbocycles. The Kier molecular flexibility index (Phi) is 6.85. The van der Waals surface area contributed by atoms with Gasteiger partial charge >= 0.3 is 12.1 Å². The van der Waals surface area contributed by atoms with Crippen LogP contribution in [-0.2, 0) is 15.7 Å². The summed E-state index contributed by atoms with van der Waals surface area (Å²) in [5, 5.41) is -0.121. The van der Waals surface area contributed by atoms with Crippen LogP contribution >= 0.6 is 22.9 Å². The largest absolute Gasteiger partial charge is 0.451 e. The van der Waals surface area contributed by atoms with Crippen molar-refractivity contribution in [1.29, 1.82) is 0 Å². The zero-order chi connectivity index (χ0) is 22.8. The number of rotatable bonds is 5. The van der Waals surface area contributed by atoms with Gasteiger partial charge in [0.2, 0.25) is 0 Å². The Morgan fingerprint density at radius 2 is 1.81 bits per heavy atom. The van der Waals surface area contributed by atoms with Gasteiger partial charge in [-0.2, -0.15) is 13.2 Å². The number of nitrogens with zero attached hydrogens (tertiary/aromatic N) is 3. The highest BCUT2D eigenvalue weighted by Gasteiger charge is 2.32. The minimum absolute atomic E-state index is 0.121. The maximum Gasteiger partial charge on any atom is 0.417 e. The third-order valence-corrected chi connectivity index (χ3v) is 6.01. The normalized spacial score (nSPS) is 14.5. The van der Waals surface area contributed by atoms with Gasteiger partial charge in [0.15, 0.2) is 12.4 Å². The van der Waals surface area contributed by atoms with Crippen LogP contribution in [0.5, 0.6) is 0 Å². The molecule has 166 valence electrons. The van der Waals surface area contributed by atoms with E-state index in [1.807, 2.05) is 0 Å². The molecule has 31 heavy (non-hydrogen) atoms. The number of halogens is 4. The van der Waals surface area contributed by atoms with E-state index in [-0.39, 0.29) is 34.6 Å². The van der Waals surface area contributed by atoms with Crippen LogP contribution in [-0.4, -0.2) is 60.3 Å². The van der Waals surface area contributed by atoms with Crippen LogP contribution < -0.4 is 4.90 Å². The van der Waals surface area contributed by atoms with E-state index in [9.17, 15) is 27.6 Å². The molecular formula is C19H17ClF3N3O4S. The summed E-state index contributed by atoms with van der Waals surface area (Å²) in [4.78, 5) is 43.3. The number of alkyl halides is 3. The third-order valence-electron chi connectivity index (χ3n) is 4.56. The molecule has 3 rings (SSSR count). The Balaban J connectivity index is 1.51. The maximum atomic E-state index is 12.7. The highest BCUT2D eigenvalue weighted by atomic mass is 35.5. The quantitative estimate of drug-likeness (QED) is 0.486. The number of esters is 1. The lowest BCUT2D eigenvalue weighted by molar-refractivity contribution is -0.138. The van der Waals surface area contributed by atoms with Crippen LogP contribution in [0.3, 0.4) is 0 Å². The van der Waals surface area contributed by atoms with Gasteiger partial charge in [-0.1, -0.05) is 11.6 Å². The summed E-state index contributed by atoms with van der Waals surface area (Å²) < 4.78 is 43.3. The summed E-state index contributed by atoms with van der Waals surface area (Å²) in [5.74, 6) is -1.04. The zero-order valence-corrected chi connectivity index (χ0v) is 17.8. The number of carbonyl (C=O) groups is 3. The number of carbonyl (C=O) groups excluding carboxylic acids is 3. The molecule has 1 amide bonds. The van der Waals surface area contributed by atoms with Gasteiger partial charge in [0, 0.05) is 32.4 Å². The van der Waals surface area contributed by atoms with E-state index in [1.165, 1.54) is 24.0 Å². The second kappa shape index (κ2) is 9.23. The van der Waals surface area contributed by atoms with E-state index in [1.54, 1.807) is 4.90 Å². The van der Waals surface area contributed by atoms with Crippen molar-refractivity contribution in [3.8, 4) is 0 Å². The molecule has 1 fully saturated rings. The summed E-state index contributed by atoms with van der Waals surface area (Å²) in [7, 11) is 0. The van der Waals surface area contributed by atoms with Gasteiger partial charge in [-0.05, 0) is 25.1 Å². The lowest BCUT2D eigenvalue weighted by atomic mass is 10.2. The maximum absolute atomic E-state index is 12.7. The Labute approximate surface area is 184 Å². The molecule has 0 aromatic carbocycles. The zero-order valence-electron chi connectivity index (χ0n) is 16.2. The van der Waals surface area contributed by atoms with E-state index in [2.05, 4.69) is 4.98 Å². The molecule has 1 saturated heterocycles. The first kappa shape index (κ1) is 23.0. The number of amides is 1. The Morgan fingerprint density at radius 1 is 1.16 bits per heavy atom. The summed E-state index contributed by atoms with van der Waals surface area (Å²) in [6, 6.07) is 3.81. The number of pyridine rings is 1. The second-order valence-electron chi connectivity index (χ2n) is 6.69. The van der Waals surface area contributed by atoms with Crippen LogP contribution in [0.1, 0.15) is 31.8 Å². The van der Waals surface area contributed by atoms with Gasteiger partial charge in [-0.25, -0.2) is 9.78 Å². The lowest BCUT2D eigenvalue weighted by Gasteiger charge is -2.35. The van der Waals surface area contributed by atoms with Crippen molar-refractivity contribution in [2.45, 2.75) is 13.1 Å². The van der Waals surface area contributed by atoms with Gasteiger partial charge in [0.05, 0.1) is 15.5 Å². The van der Waals surface area contributed by atoms with Crippen molar-refractivity contribution in [2.75, 3.05) is 37.7 Å². The smallest absolute Gasteiger partial charge is 0.417 e. The molecule has 12 heteroatoms. The summed E-state index contributed by atoms with van der Waals surface area (Å²) in [6.07, 6.45) is -3.81. The van der Waals surface area contributed by atoms with Crippen molar-refractivity contribution in [3.05, 3.63) is 44.7 Å². The predicted octanol–water partition coefficient (Wildman–Crippen LogP) is 3.52. The fourth-order valence-corrected chi connectivity index (χ4v) is 3.99. The first-order valence-corrected chi connectivity index (χ1v) is 10.3. The number of anilines is 1. The third kappa shape index (κ3) is 5.53. The number of aromatic nitrogens is 1. The van der Waals surface area contributed by atoms with Crippen LogP contribution in [0.2, 0.25) is 5.02 Å². The van der Waals surface area contributed by atoms with Gasteiger partial charge in [-0.15, -0.1) is 11.3 Å². The van der Waals surface area contributed by atoms with Gasteiger partial charge in [0.25, 0.3) is 5.91 Å². The number of ketones is 1. The fraction of sp³-hybridized carbons (Fsp3) is 0.368. The number of thiophene rings is 1. The second-order valence-corrected chi connectivity index (χ2v) is 8.18. The highest BCUT2D eigenvalue weighted by molar-refractivity contribution is 7.15. The van der Waals surface area contributed by atoms with Crippen molar-refractivity contribution in [1.82, 2.24) is 9.88 Å². The van der Waals surface area contributed by atoms with Gasteiger partial charge in [0.1, 0.15) is 10.7 Å². The van der Waals surface area contributed by atoms with Crippen molar-refractivity contribution < 1.29 is 32.3 Å². The molecule has 0 atom stereocenters. The van der Waals surface area contributed by atoms with Crippen LogP contribution in [0.15, 0.2) is 24.4 Å². The molecule has 0 spiro atoms.